The maximum atomic E-state index is 3.42. The summed E-state index contributed by atoms with van der Waals surface area (Å²) in [6.07, 6.45) is 2.68. The lowest BCUT2D eigenvalue weighted by Gasteiger charge is -2.22. The minimum atomic E-state index is 0.740. The molecule has 2 N–H and O–H groups in total. The van der Waals surface area contributed by atoms with E-state index < -0.39 is 0 Å². The van der Waals surface area contributed by atoms with Gasteiger partial charge in [-0.05, 0) is 25.9 Å². The molecule has 2 heteroatoms. The predicted octanol–water partition coefficient (Wildman–Crippen LogP) is 1.37. The van der Waals surface area contributed by atoms with Crippen molar-refractivity contribution < 1.29 is 0 Å². The quantitative estimate of drug-likeness (QED) is 0.634. The minimum Gasteiger partial charge on any atom is -0.315 e. The van der Waals surface area contributed by atoms with E-state index in [1.807, 2.05) is 13.8 Å². The van der Waals surface area contributed by atoms with Crippen molar-refractivity contribution in [3.8, 4) is 0 Å². The standard InChI is InChI=1S/C7H16N2.C2H6/c1-2-9-7-4-3-5-8-6-7;1-2/h7-9H,2-6H2,1H3;1-2H3. The van der Waals surface area contributed by atoms with E-state index in [1.165, 1.54) is 19.4 Å². The van der Waals surface area contributed by atoms with Crippen molar-refractivity contribution in [3.05, 3.63) is 0 Å². The van der Waals surface area contributed by atoms with E-state index in [9.17, 15) is 0 Å². The van der Waals surface area contributed by atoms with Gasteiger partial charge in [-0.2, -0.15) is 0 Å². The number of hydrogen-bond donors (Lipinski definition) is 2. The molecule has 0 aliphatic carbocycles. The van der Waals surface area contributed by atoms with Gasteiger partial charge in [-0.1, -0.05) is 20.8 Å². The van der Waals surface area contributed by atoms with E-state index in [0.29, 0.717) is 0 Å². The molecule has 1 heterocycles. The first kappa shape index (κ1) is 10.9. The van der Waals surface area contributed by atoms with E-state index in [0.717, 1.165) is 19.1 Å². The maximum Gasteiger partial charge on any atom is 0.0192 e. The van der Waals surface area contributed by atoms with Crippen LogP contribution in [0, 0.1) is 0 Å². The number of likely N-dealkylation sites (N-methyl/N-ethyl adjacent to an activating group) is 1. The number of piperidine rings is 1. The smallest absolute Gasteiger partial charge is 0.0192 e. The van der Waals surface area contributed by atoms with E-state index in [-0.39, 0.29) is 0 Å². The van der Waals surface area contributed by atoms with Gasteiger partial charge in [0.2, 0.25) is 0 Å². The fourth-order valence-electron chi connectivity index (χ4n) is 1.31. The molecule has 1 aliphatic rings. The van der Waals surface area contributed by atoms with Gasteiger partial charge in [-0.3, -0.25) is 0 Å². The highest BCUT2D eigenvalue weighted by molar-refractivity contribution is 4.73. The summed E-state index contributed by atoms with van der Waals surface area (Å²) in [4.78, 5) is 0. The molecule has 0 bridgehead atoms. The molecule has 0 amide bonds. The van der Waals surface area contributed by atoms with Gasteiger partial charge < -0.3 is 10.6 Å². The Morgan fingerprint density at radius 3 is 2.64 bits per heavy atom. The third-order valence-electron chi connectivity index (χ3n) is 1.79. The topological polar surface area (TPSA) is 24.1 Å². The molecule has 1 unspecified atom stereocenters. The molecule has 68 valence electrons. The fourth-order valence-corrected chi connectivity index (χ4v) is 1.31. The molecule has 0 spiro atoms. The molecule has 2 nitrogen and oxygen atoms in total. The summed E-state index contributed by atoms with van der Waals surface area (Å²) in [5, 5.41) is 6.78. The van der Waals surface area contributed by atoms with Gasteiger partial charge >= 0.3 is 0 Å². The normalized spacial score (nSPS) is 23.7. The van der Waals surface area contributed by atoms with Crippen LogP contribution in [-0.4, -0.2) is 25.7 Å². The van der Waals surface area contributed by atoms with E-state index in [1.54, 1.807) is 0 Å². The second-order valence-corrected chi connectivity index (χ2v) is 2.60. The second kappa shape index (κ2) is 8.02. The SMILES string of the molecule is CC.CCNC1CCCNC1. The minimum absolute atomic E-state index is 0.740. The van der Waals surface area contributed by atoms with Gasteiger partial charge in [-0.15, -0.1) is 0 Å². The van der Waals surface area contributed by atoms with Crippen LogP contribution in [-0.2, 0) is 0 Å². The lowest BCUT2D eigenvalue weighted by atomic mass is 10.1. The largest absolute Gasteiger partial charge is 0.315 e. The second-order valence-electron chi connectivity index (χ2n) is 2.60. The molecule has 0 aromatic carbocycles. The monoisotopic (exact) mass is 158 g/mol. The fraction of sp³-hybridized carbons (Fsp3) is 1.00. The van der Waals surface area contributed by atoms with Crippen LogP contribution in [0.5, 0.6) is 0 Å². The van der Waals surface area contributed by atoms with Crippen LogP contribution in [0.25, 0.3) is 0 Å². The molecule has 0 aromatic heterocycles. The van der Waals surface area contributed by atoms with Crippen molar-refractivity contribution in [2.45, 2.75) is 39.7 Å². The lowest BCUT2D eigenvalue weighted by molar-refractivity contribution is 0.397. The predicted molar refractivity (Wildman–Crippen MR) is 50.9 cm³/mol. The Bertz CT molecular complexity index is 65.2. The lowest BCUT2D eigenvalue weighted by Crippen LogP contribution is -2.42. The molecule has 11 heavy (non-hydrogen) atoms. The first-order valence-electron chi connectivity index (χ1n) is 4.87. The zero-order chi connectivity index (χ0) is 8.53. The summed E-state index contributed by atoms with van der Waals surface area (Å²) < 4.78 is 0. The molecular weight excluding hydrogens is 136 g/mol. The summed E-state index contributed by atoms with van der Waals surface area (Å²) in [5.74, 6) is 0. The van der Waals surface area contributed by atoms with Gasteiger partial charge in [0.15, 0.2) is 0 Å². The Labute approximate surface area is 70.8 Å². The van der Waals surface area contributed by atoms with Gasteiger partial charge in [0.1, 0.15) is 0 Å². The van der Waals surface area contributed by atoms with Crippen LogP contribution in [0.2, 0.25) is 0 Å². The molecule has 0 saturated carbocycles. The van der Waals surface area contributed by atoms with Crippen LogP contribution in [0.1, 0.15) is 33.6 Å². The molecule has 1 fully saturated rings. The van der Waals surface area contributed by atoms with Crippen molar-refractivity contribution in [2.75, 3.05) is 19.6 Å². The Morgan fingerprint density at radius 2 is 2.18 bits per heavy atom. The highest BCUT2D eigenvalue weighted by atomic mass is 15.0. The van der Waals surface area contributed by atoms with E-state index >= 15 is 0 Å². The Balaban J connectivity index is 0.000000461. The third-order valence-corrected chi connectivity index (χ3v) is 1.79. The van der Waals surface area contributed by atoms with E-state index in [2.05, 4.69) is 17.6 Å². The average molecular weight is 158 g/mol. The molecular formula is C9H22N2. The van der Waals surface area contributed by atoms with E-state index in [4.69, 9.17) is 0 Å². The van der Waals surface area contributed by atoms with Gasteiger partial charge in [0.05, 0.1) is 0 Å². The maximum absolute atomic E-state index is 3.42. The van der Waals surface area contributed by atoms with Crippen LogP contribution in [0.15, 0.2) is 0 Å². The number of hydrogen-bond acceptors (Lipinski definition) is 2. The highest BCUT2D eigenvalue weighted by Crippen LogP contribution is 1.99. The summed E-state index contributed by atoms with van der Waals surface area (Å²) >= 11 is 0. The van der Waals surface area contributed by atoms with Crippen LogP contribution < -0.4 is 10.6 Å². The average Bonchev–Trinajstić information content (AvgIpc) is 2.11. The van der Waals surface area contributed by atoms with Gasteiger partial charge in [0.25, 0.3) is 0 Å². The number of nitrogens with one attached hydrogen (secondary N) is 2. The molecule has 1 atom stereocenters. The summed E-state index contributed by atoms with van der Waals surface area (Å²) in [6.45, 7) is 9.64. The first-order valence-corrected chi connectivity index (χ1v) is 4.87. The van der Waals surface area contributed by atoms with Crippen LogP contribution in [0.4, 0.5) is 0 Å². The molecule has 1 aliphatic heterocycles. The summed E-state index contributed by atoms with van der Waals surface area (Å²) in [5.41, 5.74) is 0. The zero-order valence-corrected chi connectivity index (χ0v) is 8.11. The van der Waals surface area contributed by atoms with Gasteiger partial charge in [0, 0.05) is 12.6 Å². The zero-order valence-electron chi connectivity index (χ0n) is 8.11. The van der Waals surface area contributed by atoms with Crippen molar-refractivity contribution in [3.63, 3.8) is 0 Å². The number of rotatable bonds is 2. The summed E-state index contributed by atoms with van der Waals surface area (Å²) in [6, 6.07) is 0.740. The summed E-state index contributed by atoms with van der Waals surface area (Å²) in [7, 11) is 0. The Hall–Kier alpha value is -0.0800. The molecule has 0 aromatic rings. The van der Waals surface area contributed by atoms with Gasteiger partial charge in [-0.25, -0.2) is 0 Å². The molecule has 0 radical (unpaired) electrons. The van der Waals surface area contributed by atoms with Crippen LogP contribution >= 0.6 is 0 Å². The Kier molecular flexibility index (Phi) is 7.96. The highest BCUT2D eigenvalue weighted by Gasteiger charge is 2.09. The first-order chi connectivity index (χ1) is 5.43. The molecule has 1 rings (SSSR count). The van der Waals surface area contributed by atoms with Crippen molar-refractivity contribution >= 4 is 0 Å². The molecule has 1 saturated heterocycles. The third kappa shape index (κ3) is 5.22. The Morgan fingerprint density at radius 1 is 1.45 bits per heavy atom. The van der Waals surface area contributed by atoms with Crippen LogP contribution in [0.3, 0.4) is 0 Å². The van der Waals surface area contributed by atoms with Crippen molar-refractivity contribution in [2.24, 2.45) is 0 Å². The van der Waals surface area contributed by atoms with Crippen molar-refractivity contribution in [1.29, 1.82) is 0 Å². The van der Waals surface area contributed by atoms with Crippen molar-refractivity contribution in [1.82, 2.24) is 10.6 Å².